The fraction of sp³-hybridized carbons (Fsp3) is 0.250. The number of amides is 2. The average Bonchev–Trinajstić information content (AvgIpc) is 3.48. The lowest BCUT2D eigenvalue weighted by atomic mass is 9.78. The number of hydrogen-bond acceptors (Lipinski definition) is 4. The average molecular weight is 439 g/mol. The van der Waals surface area contributed by atoms with Crippen molar-refractivity contribution in [3.8, 4) is 5.75 Å². The first-order valence-electron chi connectivity index (χ1n) is 10.1. The van der Waals surface area contributed by atoms with Crippen molar-refractivity contribution in [1.29, 1.82) is 0 Å². The number of carbonyl (C=O) groups excluding carboxylic acids is 2. The van der Waals surface area contributed by atoms with E-state index < -0.39 is 5.41 Å². The summed E-state index contributed by atoms with van der Waals surface area (Å²) in [6, 6.07) is 15.8. The normalized spacial score (nSPS) is 14.8. The fourth-order valence-corrected chi connectivity index (χ4v) is 4.25. The molecule has 1 aromatic heterocycles. The van der Waals surface area contributed by atoms with Crippen LogP contribution in [0.25, 0.3) is 0 Å². The summed E-state index contributed by atoms with van der Waals surface area (Å²) in [6.45, 7) is 0. The van der Waals surface area contributed by atoms with Gasteiger partial charge in [0.2, 0.25) is 5.91 Å². The molecule has 4 rings (SSSR count). The molecular formula is C24H23ClN2O4. The molecule has 0 unspecified atom stereocenters. The van der Waals surface area contributed by atoms with E-state index in [9.17, 15) is 9.59 Å². The van der Waals surface area contributed by atoms with E-state index in [0.717, 1.165) is 31.2 Å². The largest absolute Gasteiger partial charge is 0.495 e. The smallest absolute Gasteiger partial charge is 0.291 e. The van der Waals surface area contributed by atoms with Gasteiger partial charge in [-0.2, -0.15) is 0 Å². The lowest BCUT2D eigenvalue weighted by Gasteiger charge is -2.29. The standard InChI is InChI=1S/C24H23ClN2O4/c1-30-20-11-10-18(26-22(28)21-5-4-14-31-21)15-19(20)27-23(29)24(12-2-3-13-24)16-6-8-17(25)9-7-16/h4-11,14-15H,2-3,12-13H2,1H3,(H,26,28)(H,27,29). The molecule has 2 N–H and O–H groups in total. The Hall–Kier alpha value is -3.25. The quantitative estimate of drug-likeness (QED) is 0.521. The van der Waals surface area contributed by atoms with Gasteiger partial charge in [0.15, 0.2) is 5.76 Å². The van der Waals surface area contributed by atoms with E-state index in [1.54, 1.807) is 30.3 Å². The summed E-state index contributed by atoms with van der Waals surface area (Å²) in [7, 11) is 1.54. The van der Waals surface area contributed by atoms with Crippen LogP contribution in [0.2, 0.25) is 5.02 Å². The number of hydrogen-bond donors (Lipinski definition) is 2. The second-order valence-electron chi connectivity index (χ2n) is 7.60. The van der Waals surface area contributed by atoms with Crippen LogP contribution >= 0.6 is 11.6 Å². The summed E-state index contributed by atoms with van der Waals surface area (Å²) in [5.41, 5.74) is 1.34. The molecule has 6 nitrogen and oxygen atoms in total. The molecule has 0 radical (unpaired) electrons. The first kappa shape index (κ1) is 21.0. The van der Waals surface area contributed by atoms with Crippen LogP contribution < -0.4 is 15.4 Å². The molecule has 1 saturated carbocycles. The van der Waals surface area contributed by atoms with Crippen molar-refractivity contribution in [3.63, 3.8) is 0 Å². The van der Waals surface area contributed by atoms with Gasteiger partial charge in [0, 0.05) is 10.7 Å². The number of methoxy groups -OCH3 is 1. The van der Waals surface area contributed by atoms with Crippen LogP contribution in [-0.4, -0.2) is 18.9 Å². The number of furan rings is 1. The molecule has 1 aliphatic rings. The van der Waals surface area contributed by atoms with Gasteiger partial charge in [-0.25, -0.2) is 0 Å². The van der Waals surface area contributed by atoms with E-state index in [2.05, 4.69) is 10.6 Å². The zero-order valence-corrected chi connectivity index (χ0v) is 17.9. The molecule has 0 saturated heterocycles. The molecular weight excluding hydrogens is 416 g/mol. The predicted octanol–water partition coefficient (Wildman–Crippen LogP) is 5.64. The van der Waals surface area contributed by atoms with Crippen LogP contribution in [0.5, 0.6) is 5.75 Å². The first-order chi connectivity index (χ1) is 15.0. The molecule has 31 heavy (non-hydrogen) atoms. The summed E-state index contributed by atoms with van der Waals surface area (Å²) in [5, 5.41) is 6.44. The van der Waals surface area contributed by atoms with Gasteiger partial charge in [-0.15, -0.1) is 0 Å². The molecule has 1 aliphatic carbocycles. The first-order valence-corrected chi connectivity index (χ1v) is 10.5. The van der Waals surface area contributed by atoms with Gasteiger partial charge in [-0.3, -0.25) is 9.59 Å². The highest BCUT2D eigenvalue weighted by Gasteiger charge is 2.42. The Morgan fingerprint density at radius 2 is 1.77 bits per heavy atom. The molecule has 0 bridgehead atoms. The van der Waals surface area contributed by atoms with Gasteiger partial charge in [-0.1, -0.05) is 36.6 Å². The van der Waals surface area contributed by atoms with Crippen molar-refractivity contribution in [3.05, 3.63) is 77.2 Å². The van der Waals surface area contributed by atoms with Crippen molar-refractivity contribution in [2.24, 2.45) is 0 Å². The van der Waals surface area contributed by atoms with Crippen LogP contribution in [0.15, 0.2) is 65.3 Å². The Balaban J connectivity index is 1.60. The third kappa shape index (κ3) is 4.30. The van der Waals surface area contributed by atoms with Gasteiger partial charge in [-0.05, 0) is 60.9 Å². The number of halogens is 1. The van der Waals surface area contributed by atoms with E-state index in [1.807, 2.05) is 24.3 Å². The second-order valence-corrected chi connectivity index (χ2v) is 8.03. The minimum atomic E-state index is -0.622. The Labute approximate surface area is 185 Å². The van der Waals surface area contributed by atoms with Crippen LogP contribution in [0.1, 0.15) is 41.8 Å². The predicted molar refractivity (Wildman–Crippen MR) is 120 cm³/mol. The Kier molecular flexibility index (Phi) is 6.00. The van der Waals surface area contributed by atoms with E-state index >= 15 is 0 Å². The van der Waals surface area contributed by atoms with Gasteiger partial charge in [0.25, 0.3) is 5.91 Å². The molecule has 0 atom stereocenters. The molecule has 1 fully saturated rings. The van der Waals surface area contributed by atoms with Crippen LogP contribution in [0.3, 0.4) is 0 Å². The topological polar surface area (TPSA) is 80.6 Å². The molecule has 7 heteroatoms. The van der Waals surface area contributed by atoms with Crippen molar-refractivity contribution in [1.82, 2.24) is 0 Å². The molecule has 0 spiro atoms. The number of ether oxygens (including phenoxy) is 1. The van der Waals surface area contributed by atoms with Crippen LogP contribution in [0.4, 0.5) is 11.4 Å². The van der Waals surface area contributed by atoms with E-state index in [4.69, 9.17) is 20.8 Å². The minimum Gasteiger partial charge on any atom is -0.495 e. The maximum Gasteiger partial charge on any atom is 0.291 e. The lowest BCUT2D eigenvalue weighted by Crippen LogP contribution is -2.38. The molecule has 160 valence electrons. The highest BCUT2D eigenvalue weighted by molar-refractivity contribution is 6.30. The van der Waals surface area contributed by atoms with Crippen molar-refractivity contribution in [2.75, 3.05) is 17.7 Å². The SMILES string of the molecule is COc1ccc(NC(=O)c2ccco2)cc1NC(=O)C1(c2ccc(Cl)cc2)CCCC1. The Morgan fingerprint density at radius 3 is 2.42 bits per heavy atom. The van der Waals surface area contributed by atoms with Crippen molar-refractivity contribution in [2.45, 2.75) is 31.1 Å². The monoisotopic (exact) mass is 438 g/mol. The molecule has 2 aromatic carbocycles. The maximum atomic E-state index is 13.5. The lowest BCUT2D eigenvalue weighted by molar-refractivity contribution is -0.121. The summed E-state index contributed by atoms with van der Waals surface area (Å²) < 4.78 is 10.6. The van der Waals surface area contributed by atoms with Crippen molar-refractivity contribution >= 4 is 34.8 Å². The van der Waals surface area contributed by atoms with Gasteiger partial charge in [0.1, 0.15) is 5.75 Å². The zero-order chi connectivity index (χ0) is 21.8. The number of nitrogens with one attached hydrogen (secondary N) is 2. The summed E-state index contributed by atoms with van der Waals surface area (Å²) in [4.78, 5) is 25.8. The van der Waals surface area contributed by atoms with Crippen LogP contribution in [0, 0.1) is 0 Å². The maximum absolute atomic E-state index is 13.5. The zero-order valence-electron chi connectivity index (χ0n) is 17.1. The fourth-order valence-electron chi connectivity index (χ4n) is 4.12. The van der Waals surface area contributed by atoms with Gasteiger partial charge < -0.3 is 19.8 Å². The molecule has 1 heterocycles. The third-order valence-electron chi connectivity index (χ3n) is 5.74. The van der Waals surface area contributed by atoms with Crippen LogP contribution in [-0.2, 0) is 10.2 Å². The van der Waals surface area contributed by atoms with Gasteiger partial charge in [0.05, 0.1) is 24.5 Å². The highest BCUT2D eigenvalue weighted by atomic mass is 35.5. The number of benzene rings is 2. The third-order valence-corrected chi connectivity index (χ3v) is 5.99. The second kappa shape index (κ2) is 8.86. The highest BCUT2D eigenvalue weighted by Crippen LogP contribution is 2.43. The number of anilines is 2. The summed E-state index contributed by atoms with van der Waals surface area (Å²) in [5.74, 6) is 0.239. The van der Waals surface area contributed by atoms with Gasteiger partial charge >= 0.3 is 0 Å². The van der Waals surface area contributed by atoms with E-state index in [0.29, 0.717) is 22.1 Å². The van der Waals surface area contributed by atoms with Crippen molar-refractivity contribution < 1.29 is 18.7 Å². The Bertz CT molecular complexity index is 1070. The molecule has 3 aromatic rings. The number of rotatable bonds is 6. The summed E-state index contributed by atoms with van der Waals surface area (Å²) in [6.07, 6.45) is 4.92. The molecule has 0 aliphatic heterocycles. The summed E-state index contributed by atoms with van der Waals surface area (Å²) >= 11 is 6.05. The number of carbonyl (C=O) groups is 2. The van der Waals surface area contributed by atoms with E-state index in [-0.39, 0.29) is 17.6 Å². The minimum absolute atomic E-state index is 0.0971. The van der Waals surface area contributed by atoms with E-state index in [1.165, 1.54) is 13.4 Å². The molecule has 2 amide bonds. The Morgan fingerprint density at radius 1 is 1.03 bits per heavy atom.